The normalized spacial score (nSPS) is 14.9. The van der Waals surface area contributed by atoms with Crippen molar-refractivity contribution in [3.63, 3.8) is 0 Å². The summed E-state index contributed by atoms with van der Waals surface area (Å²) in [4.78, 5) is 0. The van der Waals surface area contributed by atoms with Gasteiger partial charge in [-0.1, -0.05) is 32.6 Å². The molecule has 2 heteroatoms. The number of unbranched alkanes of at least 4 members (excludes halogenated alkanes) is 1. The van der Waals surface area contributed by atoms with Gasteiger partial charge in [0, 0.05) is 12.1 Å². The minimum atomic E-state index is 0.0718. The summed E-state index contributed by atoms with van der Waals surface area (Å²) >= 11 is 0. The molecule has 0 radical (unpaired) electrons. The van der Waals surface area contributed by atoms with Crippen LogP contribution in [-0.4, -0.2) is 18.6 Å². The third-order valence-electron chi connectivity index (χ3n) is 2.64. The number of hydrogen-bond donors (Lipinski definition) is 2. The summed E-state index contributed by atoms with van der Waals surface area (Å²) in [6, 6.07) is 0. The van der Waals surface area contributed by atoms with E-state index in [-0.39, 0.29) is 5.54 Å². The fourth-order valence-electron chi connectivity index (χ4n) is 1.46. The number of hydrogen-bond acceptors (Lipinski definition) is 2. The molecule has 0 saturated carbocycles. The molecule has 0 bridgehead atoms. The molecule has 0 heterocycles. The zero-order chi connectivity index (χ0) is 10.2. The van der Waals surface area contributed by atoms with Gasteiger partial charge < -0.3 is 5.73 Å². The smallest absolute Gasteiger partial charge is 0.0578 e. The van der Waals surface area contributed by atoms with E-state index in [4.69, 9.17) is 12.2 Å². The van der Waals surface area contributed by atoms with E-state index in [0.29, 0.717) is 13.1 Å². The molecule has 0 aromatic rings. The Balaban J connectivity index is 4.06. The maximum atomic E-state index is 5.77. The van der Waals surface area contributed by atoms with Crippen LogP contribution < -0.4 is 11.1 Å². The molecule has 0 saturated heterocycles. The first kappa shape index (κ1) is 12.5. The Bertz CT molecular complexity index is 154. The highest BCUT2D eigenvalue weighted by atomic mass is 15.0. The second kappa shape index (κ2) is 6.94. The maximum absolute atomic E-state index is 5.77. The van der Waals surface area contributed by atoms with Gasteiger partial charge in [-0.3, -0.25) is 5.32 Å². The number of nitrogens with two attached hydrogens (primary N) is 1. The van der Waals surface area contributed by atoms with Crippen molar-refractivity contribution < 1.29 is 0 Å². The van der Waals surface area contributed by atoms with E-state index in [1.54, 1.807) is 0 Å². The molecule has 1 unspecified atom stereocenters. The molecule has 0 spiro atoms. The van der Waals surface area contributed by atoms with Crippen LogP contribution in [0.1, 0.15) is 39.5 Å². The minimum Gasteiger partial charge on any atom is -0.329 e. The van der Waals surface area contributed by atoms with Crippen LogP contribution in [0.5, 0.6) is 0 Å². The monoisotopic (exact) mass is 182 g/mol. The minimum absolute atomic E-state index is 0.0718. The quantitative estimate of drug-likeness (QED) is 0.586. The number of terminal acetylenes is 1. The zero-order valence-electron chi connectivity index (χ0n) is 8.90. The van der Waals surface area contributed by atoms with E-state index in [0.717, 1.165) is 12.8 Å². The number of nitrogens with one attached hydrogen (secondary N) is 1. The molecule has 0 aliphatic rings. The van der Waals surface area contributed by atoms with E-state index in [1.165, 1.54) is 12.8 Å². The average Bonchev–Trinajstić information content (AvgIpc) is 2.20. The molecule has 0 amide bonds. The highest BCUT2D eigenvalue weighted by molar-refractivity contribution is 4.95. The fraction of sp³-hybridized carbons (Fsp3) is 0.818. The van der Waals surface area contributed by atoms with Crippen LogP contribution in [0, 0.1) is 12.3 Å². The van der Waals surface area contributed by atoms with Crippen LogP contribution in [0.2, 0.25) is 0 Å². The van der Waals surface area contributed by atoms with Gasteiger partial charge >= 0.3 is 0 Å². The first-order valence-electron chi connectivity index (χ1n) is 5.13. The van der Waals surface area contributed by atoms with Crippen molar-refractivity contribution in [2.45, 2.75) is 45.1 Å². The molecule has 1 atom stereocenters. The highest BCUT2D eigenvalue weighted by Gasteiger charge is 2.24. The van der Waals surface area contributed by atoms with Gasteiger partial charge in [0.2, 0.25) is 0 Å². The lowest BCUT2D eigenvalue weighted by atomic mass is 9.90. The van der Waals surface area contributed by atoms with Gasteiger partial charge in [-0.15, -0.1) is 6.42 Å². The van der Waals surface area contributed by atoms with Gasteiger partial charge in [0.1, 0.15) is 0 Å². The first-order chi connectivity index (χ1) is 6.24. The standard InChI is InChI=1S/C11H22N2/c1-4-7-8-11(6-3,10-12)13-9-5-2/h2,13H,4,6-10,12H2,1,3H3. The van der Waals surface area contributed by atoms with Crippen LogP contribution >= 0.6 is 0 Å². The van der Waals surface area contributed by atoms with Gasteiger partial charge in [0.15, 0.2) is 0 Å². The highest BCUT2D eigenvalue weighted by Crippen LogP contribution is 2.16. The third kappa shape index (κ3) is 4.31. The Kier molecular flexibility index (Phi) is 6.66. The fourth-order valence-corrected chi connectivity index (χ4v) is 1.46. The van der Waals surface area contributed by atoms with E-state index in [2.05, 4.69) is 25.1 Å². The third-order valence-corrected chi connectivity index (χ3v) is 2.64. The van der Waals surface area contributed by atoms with Crippen LogP contribution in [0.4, 0.5) is 0 Å². The van der Waals surface area contributed by atoms with Gasteiger partial charge in [-0.25, -0.2) is 0 Å². The number of rotatable bonds is 7. The summed E-state index contributed by atoms with van der Waals surface area (Å²) < 4.78 is 0. The second-order valence-corrected chi connectivity index (χ2v) is 3.50. The second-order valence-electron chi connectivity index (χ2n) is 3.50. The predicted molar refractivity (Wildman–Crippen MR) is 58.4 cm³/mol. The summed E-state index contributed by atoms with van der Waals surface area (Å²) in [6.45, 7) is 5.64. The van der Waals surface area contributed by atoms with Crippen LogP contribution in [0.25, 0.3) is 0 Å². The largest absolute Gasteiger partial charge is 0.329 e. The van der Waals surface area contributed by atoms with Crippen LogP contribution in [-0.2, 0) is 0 Å². The first-order valence-corrected chi connectivity index (χ1v) is 5.13. The van der Waals surface area contributed by atoms with Gasteiger partial charge in [0.05, 0.1) is 6.54 Å². The molecule has 0 rings (SSSR count). The van der Waals surface area contributed by atoms with Gasteiger partial charge in [-0.05, 0) is 12.8 Å². The van der Waals surface area contributed by atoms with E-state index in [1.807, 2.05) is 0 Å². The van der Waals surface area contributed by atoms with Crippen molar-refractivity contribution in [1.82, 2.24) is 5.32 Å². The zero-order valence-corrected chi connectivity index (χ0v) is 8.90. The summed E-state index contributed by atoms with van der Waals surface area (Å²) in [5.41, 5.74) is 5.84. The lowest BCUT2D eigenvalue weighted by Gasteiger charge is -2.32. The molecule has 0 aliphatic heterocycles. The maximum Gasteiger partial charge on any atom is 0.0578 e. The van der Waals surface area contributed by atoms with Crippen molar-refractivity contribution in [2.75, 3.05) is 13.1 Å². The van der Waals surface area contributed by atoms with Crippen molar-refractivity contribution in [3.8, 4) is 12.3 Å². The van der Waals surface area contributed by atoms with Crippen molar-refractivity contribution >= 4 is 0 Å². The molecule has 76 valence electrons. The Morgan fingerprint density at radius 3 is 2.54 bits per heavy atom. The van der Waals surface area contributed by atoms with E-state index < -0.39 is 0 Å². The van der Waals surface area contributed by atoms with Crippen molar-refractivity contribution in [3.05, 3.63) is 0 Å². The molecule has 13 heavy (non-hydrogen) atoms. The van der Waals surface area contributed by atoms with Gasteiger partial charge in [-0.2, -0.15) is 0 Å². The van der Waals surface area contributed by atoms with Crippen LogP contribution in [0.15, 0.2) is 0 Å². The molecular formula is C11H22N2. The molecule has 0 aromatic heterocycles. The summed E-state index contributed by atoms with van der Waals surface area (Å²) in [5.74, 6) is 2.60. The molecule has 0 aromatic carbocycles. The Labute approximate surface area is 82.3 Å². The van der Waals surface area contributed by atoms with Crippen molar-refractivity contribution in [2.24, 2.45) is 5.73 Å². The topological polar surface area (TPSA) is 38.0 Å². The average molecular weight is 182 g/mol. The van der Waals surface area contributed by atoms with E-state index in [9.17, 15) is 0 Å². The Morgan fingerprint density at radius 2 is 2.15 bits per heavy atom. The van der Waals surface area contributed by atoms with E-state index >= 15 is 0 Å². The molecular weight excluding hydrogens is 160 g/mol. The molecule has 3 N–H and O–H groups in total. The Hall–Kier alpha value is -0.520. The molecule has 0 aliphatic carbocycles. The SMILES string of the molecule is C#CCNC(CC)(CN)CCCC. The van der Waals surface area contributed by atoms with Gasteiger partial charge in [0.25, 0.3) is 0 Å². The summed E-state index contributed by atoms with van der Waals surface area (Å²) in [6.07, 6.45) is 9.81. The van der Waals surface area contributed by atoms with Crippen molar-refractivity contribution in [1.29, 1.82) is 0 Å². The summed E-state index contributed by atoms with van der Waals surface area (Å²) in [5, 5.41) is 3.36. The summed E-state index contributed by atoms with van der Waals surface area (Å²) in [7, 11) is 0. The van der Waals surface area contributed by atoms with Crippen LogP contribution in [0.3, 0.4) is 0 Å². The Morgan fingerprint density at radius 1 is 1.46 bits per heavy atom. The molecule has 0 fully saturated rings. The predicted octanol–water partition coefficient (Wildman–Crippen LogP) is 1.51. The molecule has 2 nitrogen and oxygen atoms in total. The lowest BCUT2D eigenvalue weighted by molar-refractivity contribution is 0.304. The lowest BCUT2D eigenvalue weighted by Crippen LogP contribution is -2.50.